The van der Waals surface area contributed by atoms with Gasteiger partial charge >= 0.3 is 0 Å². The summed E-state index contributed by atoms with van der Waals surface area (Å²) in [6.07, 6.45) is 1.84. The molecule has 35 heavy (non-hydrogen) atoms. The highest BCUT2D eigenvalue weighted by Crippen LogP contribution is 2.21. The summed E-state index contributed by atoms with van der Waals surface area (Å²) in [6.45, 7) is 2.24. The fourth-order valence-electron chi connectivity index (χ4n) is 3.55. The minimum atomic E-state index is 0.300. The molecule has 3 heterocycles. The third-order valence-electron chi connectivity index (χ3n) is 5.30. The minimum absolute atomic E-state index is 0.300. The lowest BCUT2D eigenvalue weighted by Gasteiger charge is -2.08. The average Bonchev–Trinajstić information content (AvgIpc) is 3.32. The Kier molecular flexibility index (Phi) is 6.53. The molecule has 2 aromatic carbocycles. The molecule has 0 spiro atoms. The third-order valence-corrected chi connectivity index (χ3v) is 5.30. The Balaban J connectivity index is 1.03. The summed E-state index contributed by atoms with van der Waals surface area (Å²) in [4.78, 5) is 8.63. The van der Waals surface area contributed by atoms with Gasteiger partial charge in [-0.1, -0.05) is 5.21 Å². The van der Waals surface area contributed by atoms with Crippen molar-refractivity contribution >= 4 is 33.4 Å². The lowest BCUT2D eigenvalue weighted by Crippen LogP contribution is -2.11. The highest BCUT2D eigenvalue weighted by atomic mass is 16.5. The molecule has 10 heteroatoms. The maximum absolute atomic E-state index is 5.83. The maximum atomic E-state index is 5.83. The molecule has 4 N–H and O–H groups in total. The third kappa shape index (κ3) is 5.74. The van der Waals surface area contributed by atoms with Crippen LogP contribution in [0.5, 0.6) is 11.5 Å². The summed E-state index contributed by atoms with van der Waals surface area (Å²) in [5.41, 5.74) is 13.8. The molecule has 5 aromatic rings. The molecule has 0 saturated heterocycles. The van der Waals surface area contributed by atoms with Crippen LogP contribution >= 0.6 is 0 Å². The van der Waals surface area contributed by atoms with Crippen molar-refractivity contribution in [3.63, 3.8) is 0 Å². The number of benzene rings is 2. The number of hydrogen-bond donors (Lipinski definition) is 2. The molecule has 0 atom stereocenters. The van der Waals surface area contributed by atoms with E-state index in [1.165, 1.54) is 0 Å². The second-order valence-electron chi connectivity index (χ2n) is 7.90. The minimum Gasteiger partial charge on any atom is -0.491 e. The number of aromatic nitrogens is 5. The van der Waals surface area contributed by atoms with Crippen LogP contribution in [0.4, 0.5) is 11.6 Å². The van der Waals surface area contributed by atoms with E-state index in [1.54, 1.807) is 16.8 Å². The number of fused-ring (bicyclic) bond motifs is 2. The van der Waals surface area contributed by atoms with Crippen LogP contribution in [0.1, 0.15) is 5.69 Å². The first-order chi connectivity index (χ1) is 17.1. The Labute approximate surface area is 201 Å². The zero-order chi connectivity index (χ0) is 24.0. The van der Waals surface area contributed by atoms with Crippen LogP contribution in [0.25, 0.3) is 21.8 Å². The van der Waals surface area contributed by atoms with Gasteiger partial charge in [-0.05, 0) is 48.5 Å². The van der Waals surface area contributed by atoms with Gasteiger partial charge in [-0.15, -0.1) is 5.10 Å². The molecule has 0 amide bonds. The zero-order valence-corrected chi connectivity index (χ0v) is 19.0. The largest absolute Gasteiger partial charge is 0.491 e. The molecule has 10 nitrogen and oxygen atoms in total. The van der Waals surface area contributed by atoms with E-state index < -0.39 is 0 Å². The summed E-state index contributed by atoms with van der Waals surface area (Å²) in [6, 6.07) is 18.8. The highest BCUT2D eigenvalue weighted by molar-refractivity contribution is 5.82. The summed E-state index contributed by atoms with van der Waals surface area (Å²) in [5.74, 6) is 2.38. The van der Waals surface area contributed by atoms with Gasteiger partial charge in [0.15, 0.2) is 0 Å². The number of nitrogens with two attached hydrogens (primary N) is 2. The summed E-state index contributed by atoms with van der Waals surface area (Å²) in [7, 11) is 0. The van der Waals surface area contributed by atoms with Crippen molar-refractivity contribution in [2.24, 2.45) is 0 Å². The Bertz CT molecular complexity index is 1450. The topological polar surface area (TPSA) is 136 Å². The fraction of sp³-hybridized carbons (Fsp3) is 0.200. The molecule has 178 valence electrons. The van der Waals surface area contributed by atoms with E-state index in [0.717, 1.165) is 33.2 Å². The lowest BCUT2D eigenvalue weighted by molar-refractivity contribution is 0.0924. The van der Waals surface area contributed by atoms with Crippen molar-refractivity contribution in [2.45, 2.75) is 13.2 Å². The molecule has 0 aliphatic heterocycles. The molecule has 0 radical (unpaired) electrons. The Morgan fingerprint density at radius 3 is 2.03 bits per heavy atom. The van der Waals surface area contributed by atoms with Gasteiger partial charge in [0.2, 0.25) is 0 Å². The van der Waals surface area contributed by atoms with Crippen LogP contribution in [0.2, 0.25) is 0 Å². The van der Waals surface area contributed by atoms with E-state index in [9.17, 15) is 0 Å². The van der Waals surface area contributed by atoms with Crippen molar-refractivity contribution in [2.75, 3.05) is 31.3 Å². The standard InChI is InChI=1S/C25H25N7O3/c26-24-7-3-17-1-5-20(13-22(17)28-24)34-12-11-33-10-9-32-15-19(30-31-32)16-35-21-6-2-18-4-8-25(27)29-23(18)14-21/h1-8,13-15H,9-12,16H2,(H2,26,28)(H2,27,29). The smallest absolute Gasteiger partial charge is 0.134 e. The molecule has 3 aromatic heterocycles. The molecule has 5 rings (SSSR count). The first kappa shape index (κ1) is 22.4. The molecular weight excluding hydrogens is 446 g/mol. The molecule has 0 aliphatic rings. The molecule has 0 bridgehead atoms. The van der Waals surface area contributed by atoms with Crippen LogP contribution in [0, 0.1) is 0 Å². The average molecular weight is 472 g/mol. The van der Waals surface area contributed by atoms with Gasteiger partial charge in [0, 0.05) is 22.9 Å². The molecule has 0 aliphatic carbocycles. The Morgan fingerprint density at radius 1 is 0.714 bits per heavy atom. The van der Waals surface area contributed by atoms with E-state index in [4.69, 9.17) is 25.7 Å². The first-order valence-electron chi connectivity index (χ1n) is 11.2. The summed E-state index contributed by atoms with van der Waals surface area (Å²) >= 11 is 0. The van der Waals surface area contributed by atoms with Crippen LogP contribution in [-0.2, 0) is 17.9 Å². The molecule has 0 fully saturated rings. The quantitative estimate of drug-likeness (QED) is 0.294. The number of anilines is 2. The van der Waals surface area contributed by atoms with Crippen molar-refractivity contribution in [1.29, 1.82) is 0 Å². The maximum Gasteiger partial charge on any atom is 0.134 e. The van der Waals surface area contributed by atoms with Crippen molar-refractivity contribution in [3.8, 4) is 11.5 Å². The molecule has 0 unspecified atom stereocenters. The number of ether oxygens (including phenoxy) is 3. The Hall–Kier alpha value is -4.44. The van der Waals surface area contributed by atoms with E-state index >= 15 is 0 Å². The zero-order valence-electron chi connectivity index (χ0n) is 19.0. The van der Waals surface area contributed by atoms with Gasteiger partial charge in [0.25, 0.3) is 0 Å². The number of pyridine rings is 2. The van der Waals surface area contributed by atoms with Gasteiger partial charge < -0.3 is 25.7 Å². The van der Waals surface area contributed by atoms with Crippen LogP contribution < -0.4 is 20.9 Å². The van der Waals surface area contributed by atoms with Crippen molar-refractivity contribution < 1.29 is 14.2 Å². The van der Waals surface area contributed by atoms with Gasteiger partial charge in [-0.2, -0.15) is 0 Å². The normalized spacial score (nSPS) is 11.2. The van der Waals surface area contributed by atoms with Gasteiger partial charge in [0.05, 0.1) is 37.0 Å². The number of rotatable bonds is 10. The van der Waals surface area contributed by atoms with Crippen LogP contribution in [0.15, 0.2) is 66.9 Å². The van der Waals surface area contributed by atoms with E-state index in [0.29, 0.717) is 50.4 Å². The molecule has 0 saturated carbocycles. The van der Waals surface area contributed by atoms with Gasteiger partial charge in [-0.3, -0.25) is 0 Å². The summed E-state index contributed by atoms with van der Waals surface area (Å²) < 4.78 is 19.0. The van der Waals surface area contributed by atoms with Gasteiger partial charge in [-0.25, -0.2) is 14.6 Å². The second kappa shape index (κ2) is 10.2. The lowest BCUT2D eigenvalue weighted by atomic mass is 10.2. The predicted octanol–water partition coefficient (Wildman–Crippen LogP) is 3.21. The highest BCUT2D eigenvalue weighted by Gasteiger charge is 2.05. The number of hydrogen-bond acceptors (Lipinski definition) is 9. The van der Waals surface area contributed by atoms with Gasteiger partial charge in [0.1, 0.15) is 42.0 Å². The van der Waals surface area contributed by atoms with Crippen molar-refractivity contribution in [1.82, 2.24) is 25.0 Å². The van der Waals surface area contributed by atoms with E-state index in [-0.39, 0.29) is 0 Å². The Morgan fingerprint density at radius 2 is 1.34 bits per heavy atom. The number of nitrogen functional groups attached to an aromatic ring is 2. The van der Waals surface area contributed by atoms with E-state index in [2.05, 4.69) is 20.3 Å². The SMILES string of the molecule is Nc1ccc2ccc(OCCOCCn3cc(COc4ccc5ccc(N)nc5c4)nn3)cc2n1. The summed E-state index contributed by atoms with van der Waals surface area (Å²) in [5, 5.41) is 10.3. The molecular formula is C25H25N7O3. The predicted molar refractivity (Wildman–Crippen MR) is 133 cm³/mol. The van der Waals surface area contributed by atoms with Crippen LogP contribution in [-0.4, -0.2) is 44.8 Å². The monoisotopic (exact) mass is 471 g/mol. The number of nitrogens with zero attached hydrogens (tertiary/aromatic N) is 5. The van der Waals surface area contributed by atoms with Crippen LogP contribution in [0.3, 0.4) is 0 Å². The second-order valence-corrected chi connectivity index (χ2v) is 7.90. The first-order valence-corrected chi connectivity index (χ1v) is 11.2. The van der Waals surface area contributed by atoms with E-state index in [1.807, 2.05) is 54.7 Å². The fourth-order valence-corrected chi connectivity index (χ4v) is 3.55. The van der Waals surface area contributed by atoms with Crippen molar-refractivity contribution in [3.05, 3.63) is 72.6 Å².